The number of aromatic nitrogens is 1. The maximum Gasteiger partial charge on any atom is 0.354 e. The van der Waals surface area contributed by atoms with Crippen molar-refractivity contribution < 1.29 is 24.4 Å². The maximum absolute atomic E-state index is 12.8. The molecular weight excluding hydrogens is 356 g/mol. The number of carbonyl (C=O) groups is 2. The Morgan fingerprint density at radius 3 is 2.74 bits per heavy atom. The highest BCUT2D eigenvalue weighted by Crippen LogP contribution is 2.37. The van der Waals surface area contributed by atoms with E-state index in [1.807, 2.05) is 0 Å². The van der Waals surface area contributed by atoms with Gasteiger partial charge in [-0.2, -0.15) is 10.1 Å². The van der Waals surface area contributed by atoms with E-state index in [0.717, 1.165) is 18.2 Å². The fourth-order valence-electron chi connectivity index (χ4n) is 2.70. The monoisotopic (exact) mass is 370 g/mol. The van der Waals surface area contributed by atoms with Gasteiger partial charge in [0.25, 0.3) is 11.6 Å². The number of hydrogen-bond acceptors (Lipinski definition) is 8. The summed E-state index contributed by atoms with van der Waals surface area (Å²) in [6.45, 7) is 0. The SMILES string of the molecule is COC(=O)C1=NN(C(=O)c2cccnc2)[C@](O)(c2cccc([N+](=O)[O-])c2)C1. The van der Waals surface area contributed by atoms with Crippen LogP contribution in [0, 0.1) is 10.1 Å². The van der Waals surface area contributed by atoms with Crippen LogP contribution < -0.4 is 0 Å². The van der Waals surface area contributed by atoms with Crippen molar-refractivity contribution in [2.45, 2.75) is 12.1 Å². The summed E-state index contributed by atoms with van der Waals surface area (Å²) in [4.78, 5) is 39.0. The number of rotatable bonds is 4. The van der Waals surface area contributed by atoms with Crippen molar-refractivity contribution in [3.63, 3.8) is 0 Å². The number of aliphatic hydroxyl groups is 1. The molecule has 0 saturated heterocycles. The van der Waals surface area contributed by atoms with Gasteiger partial charge in [0.15, 0.2) is 11.4 Å². The number of benzene rings is 1. The van der Waals surface area contributed by atoms with Gasteiger partial charge in [-0.3, -0.25) is 19.9 Å². The Hall–Kier alpha value is -3.66. The first kappa shape index (κ1) is 18.1. The fourth-order valence-corrected chi connectivity index (χ4v) is 2.70. The van der Waals surface area contributed by atoms with E-state index in [9.17, 15) is 24.8 Å². The summed E-state index contributed by atoms with van der Waals surface area (Å²) in [7, 11) is 1.14. The lowest BCUT2D eigenvalue weighted by Gasteiger charge is -2.31. The van der Waals surface area contributed by atoms with Crippen LogP contribution in [0.2, 0.25) is 0 Å². The normalized spacial score (nSPS) is 18.7. The van der Waals surface area contributed by atoms with Crippen molar-refractivity contribution in [2.75, 3.05) is 7.11 Å². The summed E-state index contributed by atoms with van der Waals surface area (Å²) in [6, 6.07) is 8.15. The molecule has 1 aliphatic rings. The molecule has 3 rings (SSSR count). The number of methoxy groups -OCH3 is 1. The van der Waals surface area contributed by atoms with Crippen molar-refractivity contribution in [3.05, 3.63) is 70.0 Å². The molecule has 1 aliphatic heterocycles. The third-order valence-electron chi connectivity index (χ3n) is 4.03. The minimum Gasteiger partial charge on any atom is -0.464 e. The molecule has 1 aromatic carbocycles. The van der Waals surface area contributed by atoms with Gasteiger partial charge in [-0.15, -0.1) is 0 Å². The number of hydrogen-bond donors (Lipinski definition) is 1. The Labute approximate surface area is 152 Å². The van der Waals surface area contributed by atoms with Gasteiger partial charge in [0, 0.05) is 30.1 Å². The standard InChI is InChI=1S/C17H14N4O6/c1-27-16(23)14-9-17(24,12-5-2-6-13(8-12)21(25)26)20(19-14)15(22)11-4-3-7-18-10-11/h2-8,10,24H,9H2,1H3/t17-/m1/s1. The number of hydrazone groups is 1. The number of nitro groups is 1. The molecule has 0 aliphatic carbocycles. The molecule has 0 spiro atoms. The molecule has 10 heteroatoms. The van der Waals surface area contributed by atoms with E-state index in [0.29, 0.717) is 0 Å². The summed E-state index contributed by atoms with van der Waals surface area (Å²) in [5.74, 6) is -1.55. The Balaban J connectivity index is 2.09. The highest BCUT2D eigenvalue weighted by molar-refractivity contribution is 6.37. The van der Waals surface area contributed by atoms with Crippen LogP contribution in [0.3, 0.4) is 0 Å². The second-order valence-corrected chi connectivity index (χ2v) is 5.70. The largest absolute Gasteiger partial charge is 0.464 e. The van der Waals surface area contributed by atoms with Gasteiger partial charge < -0.3 is 9.84 Å². The molecule has 27 heavy (non-hydrogen) atoms. The molecule has 10 nitrogen and oxygen atoms in total. The van der Waals surface area contributed by atoms with Crippen molar-refractivity contribution in [2.24, 2.45) is 5.10 Å². The molecule has 2 heterocycles. The molecule has 1 amide bonds. The number of non-ortho nitro benzene ring substituents is 1. The summed E-state index contributed by atoms with van der Waals surface area (Å²) in [5, 5.41) is 26.9. The first-order chi connectivity index (χ1) is 12.9. The van der Waals surface area contributed by atoms with E-state index in [1.165, 1.54) is 42.7 Å². The minimum atomic E-state index is -2.09. The summed E-state index contributed by atoms with van der Waals surface area (Å²) in [5.41, 5.74) is -2.40. The van der Waals surface area contributed by atoms with Crippen LogP contribution in [0.25, 0.3) is 0 Å². The molecule has 0 fully saturated rings. The average Bonchev–Trinajstić information content (AvgIpc) is 3.06. The lowest BCUT2D eigenvalue weighted by atomic mass is 9.96. The van der Waals surface area contributed by atoms with Crippen LogP contribution >= 0.6 is 0 Å². The molecule has 138 valence electrons. The number of nitrogens with zero attached hydrogens (tertiary/aromatic N) is 4. The van der Waals surface area contributed by atoms with E-state index in [1.54, 1.807) is 0 Å². The van der Waals surface area contributed by atoms with Crippen LogP contribution in [0.15, 0.2) is 53.9 Å². The zero-order valence-corrected chi connectivity index (χ0v) is 14.1. The van der Waals surface area contributed by atoms with Gasteiger partial charge >= 0.3 is 5.97 Å². The molecule has 0 saturated carbocycles. The van der Waals surface area contributed by atoms with Crippen LogP contribution in [-0.4, -0.2) is 44.7 Å². The fraction of sp³-hybridized carbons (Fsp3) is 0.176. The van der Waals surface area contributed by atoms with Gasteiger partial charge in [-0.1, -0.05) is 12.1 Å². The number of nitro benzene ring substituents is 1. The third kappa shape index (κ3) is 3.25. The molecule has 1 aromatic heterocycles. The molecule has 1 atom stereocenters. The zero-order valence-electron chi connectivity index (χ0n) is 14.1. The number of pyridine rings is 1. The molecule has 2 aromatic rings. The van der Waals surface area contributed by atoms with Gasteiger partial charge in [0.05, 0.1) is 24.0 Å². The summed E-state index contributed by atoms with van der Waals surface area (Å²) >= 11 is 0. The molecular formula is C17H14N4O6. The first-order valence-corrected chi connectivity index (χ1v) is 7.74. The highest BCUT2D eigenvalue weighted by Gasteiger charge is 2.48. The lowest BCUT2D eigenvalue weighted by Crippen LogP contribution is -2.43. The van der Waals surface area contributed by atoms with Crippen LogP contribution in [0.1, 0.15) is 22.3 Å². The van der Waals surface area contributed by atoms with Crippen molar-refractivity contribution in [1.82, 2.24) is 9.99 Å². The highest BCUT2D eigenvalue weighted by atomic mass is 16.6. The minimum absolute atomic E-state index is 0.0385. The summed E-state index contributed by atoms with van der Waals surface area (Å²) in [6.07, 6.45) is 2.37. The zero-order chi connectivity index (χ0) is 19.6. The first-order valence-electron chi connectivity index (χ1n) is 7.74. The van der Waals surface area contributed by atoms with Crippen LogP contribution in [0.4, 0.5) is 5.69 Å². The number of esters is 1. The predicted molar refractivity (Wildman–Crippen MR) is 91.5 cm³/mol. The van der Waals surface area contributed by atoms with Crippen LogP contribution in [0.5, 0.6) is 0 Å². The second kappa shape index (κ2) is 6.92. The molecule has 0 unspecified atom stereocenters. The van der Waals surface area contributed by atoms with Crippen LogP contribution in [-0.2, 0) is 15.3 Å². The Morgan fingerprint density at radius 2 is 2.11 bits per heavy atom. The van der Waals surface area contributed by atoms with Gasteiger partial charge in [-0.05, 0) is 12.1 Å². The number of carbonyl (C=O) groups excluding carboxylic acids is 2. The van der Waals surface area contributed by atoms with Gasteiger partial charge in [-0.25, -0.2) is 4.79 Å². The van der Waals surface area contributed by atoms with Crippen molar-refractivity contribution in [3.8, 4) is 0 Å². The number of amides is 1. The third-order valence-corrected chi connectivity index (χ3v) is 4.03. The number of ether oxygens (including phenoxy) is 1. The lowest BCUT2D eigenvalue weighted by molar-refractivity contribution is -0.385. The van der Waals surface area contributed by atoms with Crippen molar-refractivity contribution in [1.29, 1.82) is 0 Å². The van der Waals surface area contributed by atoms with Crippen molar-refractivity contribution >= 4 is 23.3 Å². The van der Waals surface area contributed by atoms with E-state index < -0.39 is 22.5 Å². The predicted octanol–water partition coefficient (Wildman–Crippen LogP) is 1.21. The molecule has 0 bridgehead atoms. The van der Waals surface area contributed by atoms with Gasteiger partial charge in [0.1, 0.15) is 0 Å². The summed E-state index contributed by atoms with van der Waals surface area (Å²) < 4.78 is 4.62. The average molecular weight is 370 g/mol. The maximum atomic E-state index is 12.8. The Bertz CT molecular complexity index is 945. The quantitative estimate of drug-likeness (QED) is 0.485. The molecule has 0 radical (unpaired) electrons. The smallest absolute Gasteiger partial charge is 0.354 e. The van der Waals surface area contributed by atoms with E-state index in [4.69, 9.17) is 0 Å². The van der Waals surface area contributed by atoms with E-state index in [2.05, 4.69) is 14.8 Å². The Morgan fingerprint density at radius 1 is 1.33 bits per heavy atom. The molecule has 1 N–H and O–H groups in total. The van der Waals surface area contributed by atoms with E-state index >= 15 is 0 Å². The van der Waals surface area contributed by atoms with Gasteiger partial charge in [0.2, 0.25) is 0 Å². The second-order valence-electron chi connectivity index (χ2n) is 5.70. The topological polar surface area (TPSA) is 135 Å². The Kier molecular flexibility index (Phi) is 4.65. The van der Waals surface area contributed by atoms with E-state index in [-0.39, 0.29) is 28.9 Å².